The van der Waals surface area contributed by atoms with Gasteiger partial charge >= 0.3 is 0 Å². The van der Waals surface area contributed by atoms with Gasteiger partial charge in [-0.2, -0.15) is 4.98 Å². The van der Waals surface area contributed by atoms with Gasteiger partial charge in [-0.25, -0.2) is 19.3 Å². The molecule has 0 spiro atoms. The van der Waals surface area contributed by atoms with Crippen LogP contribution in [0.1, 0.15) is 48.0 Å². The summed E-state index contributed by atoms with van der Waals surface area (Å²) in [7, 11) is 4.27. The fraction of sp³-hybridized carbons (Fsp3) is 0.383. The lowest BCUT2D eigenvalue weighted by Crippen LogP contribution is -2.52. The van der Waals surface area contributed by atoms with E-state index in [2.05, 4.69) is 66.4 Å². The van der Waals surface area contributed by atoms with Crippen molar-refractivity contribution in [2.75, 3.05) is 92.2 Å². The first-order valence-corrected chi connectivity index (χ1v) is 22.6. The van der Waals surface area contributed by atoms with Crippen molar-refractivity contribution in [3.63, 3.8) is 0 Å². The number of piperazine rings is 1. The second-order valence-electron chi connectivity index (χ2n) is 17.4. The predicted octanol–water partition coefficient (Wildman–Crippen LogP) is 3.60. The lowest BCUT2D eigenvalue weighted by atomic mass is 10.0. The third-order valence-electron chi connectivity index (χ3n) is 12.8. The van der Waals surface area contributed by atoms with Crippen molar-refractivity contribution in [3.05, 3.63) is 90.0 Å². The molecule has 3 aromatic heterocycles. The maximum atomic E-state index is 13.7. The van der Waals surface area contributed by atoms with Crippen LogP contribution < -0.4 is 36.4 Å². The molecule has 7 heterocycles. The summed E-state index contributed by atoms with van der Waals surface area (Å²) in [5.74, 6) is 0.122. The second-order valence-corrected chi connectivity index (χ2v) is 17.4. The zero-order valence-corrected chi connectivity index (χ0v) is 37.4. The Kier molecular flexibility index (Phi) is 13.2. The maximum absolute atomic E-state index is 13.7. The maximum Gasteiger partial charge on any atom is 0.255 e. The van der Waals surface area contributed by atoms with Crippen molar-refractivity contribution in [2.45, 2.75) is 50.7 Å². The number of nitrogens with one attached hydrogen (secondary N) is 5. The third-order valence-corrected chi connectivity index (χ3v) is 12.8. The highest BCUT2D eigenvalue weighted by Gasteiger charge is 2.40. The molecule has 0 bridgehead atoms. The standard InChI is InChI=1S/C47H53FN14O5/c1-58(2)31-15-18-60(19-16-31)32-10-12-39(50-25-32)55-40-24-34-37(26-51-40)54-47(52-30-8-6-29(48)7-9-30)57-44(34)61-22-20-59(21-23-61)28-43(65)49-17-14-42(64)53-36-5-3-4-33-35(36)27-62(46(33)67)38-11-13-41(63)56-45(38)66/h3-10,12,24-26,31,38H,11,13-23,27-28H2,1-2H3,(H,49,65)(H,53,64)(H,50,51,55)(H,52,54,57)(H,56,63,66). The van der Waals surface area contributed by atoms with Crippen LogP contribution >= 0.6 is 0 Å². The highest BCUT2D eigenvalue weighted by Crippen LogP contribution is 2.33. The topological polar surface area (TPSA) is 213 Å². The number of pyridine rings is 2. The van der Waals surface area contributed by atoms with Crippen molar-refractivity contribution in [1.82, 2.24) is 45.3 Å². The van der Waals surface area contributed by atoms with Crippen molar-refractivity contribution >= 4 is 80.9 Å². The van der Waals surface area contributed by atoms with Gasteiger partial charge in [0, 0.05) is 99.1 Å². The number of imide groups is 1. The van der Waals surface area contributed by atoms with Crippen LogP contribution in [0.2, 0.25) is 0 Å². The molecule has 0 radical (unpaired) electrons. The Morgan fingerprint density at radius 2 is 1.61 bits per heavy atom. The Morgan fingerprint density at radius 1 is 0.836 bits per heavy atom. The normalized spacial score (nSPS) is 18.0. The van der Waals surface area contributed by atoms with E-state index in [-0.39, 0.29) is 68.3 Å². The molecule has 9 rings (SSSR count). The molecular weight excluding hydrogens is 860 g/mol. The first-order chi connectivity index (χ1) is 32.4. The van der Waals surface area contributed by atoms with Crippen LogP contribution in [-0.4, -0.2) is 143 Å². The van der Waals surface area contributed by atoms with Gasteiger partial charge in [-0.15, -0.1) is 0 Å². The summed E-state index contributed by atoms with van der Waals surface area (Å²) in [4.78, 5) is 92.8. The van der Waals surface area contributed by atoms with E-state index in [1.54, 1.807) is 36.5 Å². The number of anilines is 7. The largest absolute Gasteiger partial charge is 0.370 e. The summed E-state index contributed by atoms with van der Waals surface area (Å²) in [5, 5.41) is 15.3. The van der Waals surface area contributed by atoms with Gasteiger partial charge in [0.25, 0.3) is 5.91 Å². The molecule has 348 valence electrons. The molecule has 4 aliphatic heterocycles. The van der Waals surface area contributed by atoms with Gasteiger partial charge in [0.15, 0.2) is 0 Å². The van der Waals surface area contributed by atoms with Crippen LogP contribution in [0.3, 0.4) is 0 Å². The predicted molar refractivity (Wildman–Crippen MR) is 251 cm³/mol. The fourth-order valence-corrected chi connectivity index (χ4v) is 9.07. The summed E-state index contributed by atoms with van der Waals surface area (Å²) < 4.78 is 13.7. The molecule has 4 aliphatic rings. The number of benzene rings is 2. The molecule has 0 saturated carbocycles. The molecule has 67 heavy (non-hydrogen) atoms. The van der Waals surface area contributed by atoms with Crippen LogP contribution in [0.25, 0.3) is 10.9 Å². The minimum atomic E-state index is -0.765. The molecular formula is C47H53FN14O5. The molecule has 1 unspecified atom stereocenters. The summed E-state index contributed by atoms with van der Waals surface area (Å²) in [6, 6.07) is 16.7. The number of fused-ring (bicyclic) bond motifs is 2. The van der Waals surface area contributed by atoms with Crippen molar-refractivity contribution in [1.29, 1.82) is 0 Å². The molecule has 5 amide bonds. The van der Waals surface area contributed by atoms with Crippen molar-refractivity contribution in [2.24, 2.45) is 0 Å². The smallest absolute Gasteiger partial charge is 0.255 e. The van der Waals surface area contributed by atoms with Gasteiger partial charge in [0.1, 0.15) is 29.3 Å². The number of carbonyl (C=O) groups excluding carboxylic acids is 5. The first kappa shape index (κ1) is 44.9. The average molecular weight is 913 g/mol. The number of nitrogens with zero attached hydrogens (tertiary/aromatic N) is 9. The van der Waals surface area contributed by atoms with E-state index in [4.69, 9.17) is 15.0 Å². The summed E-state index contributed by atoms with van der Waals surface area (Å²) in [6.45, 7) is 4.58. The van der Waals surface area contributed by atoms with Crippen LogP contribution in [0.15, 0.2) is 73.1 Å². The van der Waals surface area contributed by atoms with Crippen LogP contribution in [0, 0.1) is 5.82 Å². The number of carbonyl (C=O) groups is 5. The molecule has 19 nitrogen and oxygen atoms in total. The Bertz CT molecular complexity index is 2670. The summed E-state index contributed by atoms with van der Waals surface area (Å²) in [6.07, 6.45) is 6.18. The molecule has 5 aromatic rings. The Labute approximate surface area is 386 Å². The van der Waals surface area contributed by atoms with Gasteiger partial charge < -0.3 is 40.9 Å². The molecule has 5 N–H and O–H groups in total. The highest BCUT2D eigenvalue weighted by atomic mass is 19.1. The zero-order chi connectivity index (χ0) is 46.6. The van der Waals surface area contributed by atoms with Gasteiger partial charge in [-0.3, -0.25) is 34.2 Å². The minimum Gasteiger partial charge on any atom is -0.370 e. The lowest BCUT2D eigenvalue weighted by molar-refractivity contribution is -0.137. The van der Waals surface area contributed by atoms with Crippen LogP contribution in [0.4, 0.5) is 44.9 Å². The number of piperidine rings is 2. The number of rotatable bonds is 14. The van der Waals surface area contributed by atoms with E-state index < -0.39 is 11.9 Å². The number of halogens is 1. The lowest BCUT2D eigenvalue weighted by Gasteiger charge is -2.36. The quantitative estimate of drug-likeness (QED) is 0.101. The highest BCUT2D eigenvalue weighted by molar-refractivity contribution is 6.07. The van der Waals surface area contributed by atoms with E-state index in [1.165, 1.54) is 17.0 Å². The molecule has 2 aromatic carbocycles. The number of amides is 5. The SMILES string of the molecule is CN(C)C1CCN(c2ccc(Nc3cc4c(N5CCN(CC(=O)NCCC(=O)Nc6cccc7c6CN(C6CCC(=O)NC6=O)C7=O)CC5)nc(Nc5ccc(F)cc5)nc4cn3)nc2)CC1. The Morgan fingerprint density at radius 3 is 2.34 bits per heavy atom. The molecule has 3 saturated heterocycles. The molecule has 3 fully saturated rings. The molecule has 20 heteroatoms. The van der Waals surface area contributed by atoms with E-state index in [9.17, 15) is 28.4 Å². The Hall–Kier alpha value is -7.32. The first-order valence-electron chi connectivity index (χ1n) is 22.6. The average Bonchev–Trinajstić information content (AvgIpc) is 3.66. The monoisotopic (exact) mass is 912 g/mol. The minimum absolute atomic E-state index is 0.00634. The van der Waals surface area contributed by atoms with E-state index in [0.717, 1.165) is 37.0 Å². The van der Waals surface area contributed by atoms with Gasteiger partial charge in [-0.1, -0.05) is 6.07 Å². The third kappa shape index (κ3) is 10.4. The van der Waals surface area contributed by atoms with Crippen LogP contribution in [0.5, 0.6) is 0 Å². The van der Waals surface area contributed by atoms with Crippen molar-refractivity contribution in [3.8, 4) is 0 Å². The summed E-state index contributed by atoms with van der Waals surface area (Å²) >= 11 is 0. The summed E-state index contributed by atoms with van der Waals surface area (Å²) in [5.41, 5.74) is 3.77. The number of aromatic nitrogens is 4. The number of hydrogen-bond acceptors (Lipinski definition) is 15. The fourth-order valence-electron chi connectivity index (χ4n) is 9.07. The van der Waals surface area contributed by atoms with Gasteiger partial charge in [0.2, 0.25) is 29.6 Å². The van der Waals surface area contributed by atoms with E-state index in [1.807, 2.05) is 23.2 Å². The number of hydrogen-bond donors (Lipinski definition) is 5. The van der Waals surface area contributed by atoms with Crippen molar-refractivity contribution < 1.29 is 28.4 Å². The van der Waals surface area contributed by atoms with Gasteiger partial charge in [-0.05, 0) is 88.0 Å². The second kappa shape index (κ2) is 19.6. The zero-order valence-electron chi connectivity index (χ0n) is 37.4. The molecule has 1 atom stereocenters. The Balaban J connectivity index is 0.799. The van der Waals surface area contributed by atoms with E-state index >= 15 is 0 Å². The van der Waals surface area contributed by atoms with Gasteiger partial charge in [0.05, 0.1) is 30.1 Å². The molecule has 0 aliphatic carbocycles. The van der Waals surface area contributed by atoms with E-state index in [0.29, 0.717) is 83.6 Å². The van der Waals surface area contributed by atoms with Crippen LogP contribution in [-0.2, 0) is 25.7 Å².